The van der Waals surface area contributed by atoms with Crippen molar-refractivity contribution in [2.75, 3.05) is 5.32 Å². The Hall–Kier alpha value is -0.500. The number of anilines is 1. The van der Waals surface area contributed by atoms with Gasteiger partial charge in [0.1, 0.15) is 0 Å². The van der Waals surface area contributed by atoms with Gasteiger partial charge in [-0.1, -0.05) is 18.9 Å². The highest BCUT2D eigenvalue weighted by molar-refractivity contribution is 9.10. The minimum Gasteiger partial charge on any atom is -0.381 e. The molecule has 0 radical (unpaired) electrons. The van der Waals surface area contributed by atoms with Crippen molar-refractivity contribution in [1.82, 2.24) is 0 Å². The lowest BCUT2D eigenvalue weighted by Crippen LogP contribution is -2.28. The molecule has 2 atom stereocenters. The zero-order valence-corrected chi connectivity index (χ0v) is 13.6. The topological polar surface area (TPSA) is 12.0 Å². The first-order valence-electron chi connectivity index (χ1n) is 7.67. The summed E-state index contributed by atoms with van der Waals surface area (Å²) in [5.41, 5.74) is 4.00. The molecule has 1 aromatic carbocycles. The second-order valence-corrected chi connectivity index (χ2v) is 7.40. The monoisotopic (exact) mass is 321 g/mol. The van der Waals surface area contributed by atoms with Crippen LogP contribution in [0.4, 0.5) is 5.69 Å². The largest absolute Gasteiger partial charge is 0.381 e. The normalized spacial score (nSPS) is 27.3. The molecule has 19 heavy (non-hydrogen) atoms. The summed E-state index contributed by atoms with van der Waals surface area (Å²) >= 11 is 3.72. The number of halogens is 1. The number of nitrogens with one attached hydrogen (secondary N) is 1. The first kappa shape index (κ1) is 13.5. The van der Waals surface area contributed by atoms with Crippen molar-refractivity contribution < 1.29 is 0 Å². The van der Waals surface area contributed by atoms with Gasteiger partial charge in [-0.05, 0) is 84.5 Å². The molecule has 0 aromatic heterocycles. The molecule has 0 amide bonds. The maximum atomic E-state index is 3.81. The highest BCUT2D eigenvalue weighted by atomic mass is 79.9. The van der Waals surface area contributed by atoms with Crippen LogP contribution in [0.1, 0.15) is 49.7 Å². The van der Waals surface area contributed by atoms with Gasteiger partial charge < -0.3 is 5.32 Å². The summed E-state index contributed by atoms with van der Waals surface area (Å²) in [6.07, 6.45) is 8.57. The van der Waals surface area contributed by atoms with E-state index in [4.69, 9.17) is 0 Å². The molecular formula is C17H24BrN. The van der Waals surface area contributed by atoms with Gasteiger partial charge in [0.2, 0.25) is 0 Å². The third kappa shape index (κ3) is 3.16. The Bertz CT molecular complexity index is 441. The van der Waals surface area contributed by atoms with Crippen LogP contribution in [0.5, 0.6) is 0 Å². The lowest BCUT2D eigenvalue weighted by molar-refractivity contribution is 0.303. The van der Waals surface area contributed by atoms with Crippen LogP contribution < -0.4 is 5.32 Å². The number of hydrogen-bond acceptors (Lipinski definition) is 1. The van der Waals surface area contributed by atoms with Crippen molar-refractivity contribution in [2.24, 2.45) is 11.8 Å². The van der Waals surface area contributed by atoms with E-state index in [-0.39, 0.29) is 0 Å². The van der Waals surface area contributed by atoms with Crippen molar-refractivity contribution in [3.8, 4) is 0 Å². The molecule has 2 aliphatic rings. The Morgan fingerprint density at radius 3 is 2.53 bits per heavy atom. The minimum atomic E-state index is 0.678. The lowest BCUT2D eigenvalue weighted by atomic mass is 9.82. The third-order valence-corrected chi connectivity index (χ3v) is 5.41. The van der Waals surface area contributed by atoms with Gasteiger partial charge in [-0.3, -0.25) is 0 Å². The van der Waals surface area contributed by atoms with Crippen LogP contribution in [-0.2, 0) is 0 Å². The van der Waals surface area contributed by atoms with Crippen LogP contribution in [0.2, 0.25) is 0 Å². The van der Waals surface area contributed by atoms with Gasteiger partial charge >= 0.3 is 0 Å². The summed E-state index contributed by atoms with van der Waals surface area (Å²) < 4.78 is 1.22. The lowest BCUT2D eigenvalue weighted by Gasteiger charge is -2.31. The van der Waals surface area contributed by atoms with Gasteiger partial charge in [0.15, 0.2) is 0 Å². The van der Waals surface area contributed by atoms with Crippen molar-refractivity contribution in [3.05, 3.63) is 27.7 Å². The summed E-state index contributed by atoms with van der Waals surface area (Å²) in [5, 5.41) is 3.81. The van der Waals surface area contributed by atoms with Gasteiger partial charge in [-0.2, -0.15) is 0 Å². The summed E-state index contributed by atoms with van der Waals surface area (Å²) in [5.74, 6) is 2.06. The number of hydrogen-bond donors (Lipinski definition) is 1. The maximum absolute atomic E-state index is 3.81. The molecule has 1 aromatic rings. The highest BCUT2D eigenvalue weighted by Gasteiger charge is 2.34. The second kappa shape index (κ2) is 5.47. The molecular weight excluding hydrogens is 298 g/mol. The molecule has 0 spiro atoms. The maximum Gasteiger partial charge on any atom is 0.0516 e. The average Bonchev–Trinajstić information content (AvgIpc) is 3.18. The minimum absolute atomic E-state index is 0.678. The molecule has 2 aliphatic carbocycles. The van der Waals surface area contributed by atoms with Crippen LogP contribution in [-0.4, -0.2) is 6.04 Å². The molecule has 0 heterocycles. The third-order valence-electron chi connectivity index (χ3n) is 4.78. The van der Waals surface area contributed by atoms with Crippen molar-refractivity contribution in [1.29, 1.82) is 0 Å². The molecule has 2 heteroatoms. The number of aryl methyl sites for hydroxylation is 2. The summed E-state index contributed by atoms with van der Waals surface area (Å²) in [4.78, 5) is 0. The smallest absolute Gasteiger partial charge is 0.0516 e. The van der Waals surface area contributed by atoms with Gasteiger partial charge in [0.05, 0.1) is 5.69 Å². The molecule has 3 rings (SSSR count). The molecule has 0 saturated heterocycles. The van der Waals surface area contributed by atoms with Gasteiger partial charge in [-0.25, -0.2) is 0 Å². The van der Waals surface area contributed by atoms with E-state index in [2.05, 4.69) is 47.2 Å². The summed E-state index contributed by atoms with van der Waals surface area (Å²) in [6.45, 7) is 4.37. The van der Waals surface area contributed by atoms with Crippen molar-refractivity contribution in [2.45, 2.75) is 58.4 Å². The number of benzene rings is 1. The Balaban J connectivity index is 1.70. The van der Waals surface area contributed by atoms with Crippen LogP contribution in [0.3, 0.4) is 0 Å². The van der Waals surface area contributed by atoms with E-state index >= 15 is 0 Å². The highest BCUT2D eigenvalue weighted by Crippen LogP contribution is 2.44. The molecule has 0 bridgehead atoms. The van der Waals surface area contributed by atoms with Gasteiger partial charge in [0, 0.05) is 10.5 Å². The quantitative estimate of drug-likeness (QED) is 0.780. The van der Waals surface area contributed by atoms with E-state index < -0.39 is 0 Å². The van der Waals surface area contributed by atoms with E-state index in [0.717, 1.165) is 11.8 Å². The van der Waals surface area contributed by atoms with Crippen LogP contribution in [0.15, 0.2) is 16.6 Å². The fourth-order valence-corrected chi connectivity index (χ4v) is 4.45. The summed E-state index contributed by atoms with van der Waals surface area (Å²) in [7, 11) is 0. The first-order valence-corrected chi connectivity index (χ1v) is 8.46. The van der Waals surface area contributed by atoms with Crippen molar-refractivity contribution >= 4 is 21.6 Å². The predicted molar refractivity (Wildman–Crippen MR) is 85.7 cm³/mol. The molecule has 2 saturated carbocycles. The Kier molecular flexibility index (Phi) is 3.88. The van der Waals surface area contributed by atoms with Crippen LogP contribution >= 0.6 is 15.9 Å². The van der Waals surface area contributed by atoms with Gasteiger partial charge in [-0.15, -0.1) is 0 Å². The van der Waals surface area contributed by atoms with Crippen molar-refractivity contribution in [3.63, 3.8) is 0 Å². The predicted octanol–water partition coefficient (Wildman–Crippen LogP) is 5.45. The van der Waals surface area contributed by atoms with Crippen LogP contribution in [0, 0.1) is 25.7 Å². The van der Waals surface area contributed by atoms with E-state index in [1.54, 1.807) is 0 Å². The molecule has 1 nitrogen and oxygen atoms in total. The fourth-order valence-electron chi connectivity index (χ4n) is 3.66. The van der Waals surface area contributed by atoms with Gasteiger partial charge in [0.25, 0.3) is 0 Å². The van der Waals surface area contributed by atoms with E-state index in [1.165, 1.54) is 59.8 Å². The fraction of sp³-hybridized carbons (Fsp3) is 0.647. The number of rotatable bonds is 3. The second-order valence-electron chi connectivity index (χ2n) is 6.54. The van der Waals surface area contributed by atoms with Crippen LogP contribution in [0.25, 0.3) is 0 Å². The zero-order chi connectivity index (χ0) is 13.4. The Labute approximate surface area is 125 Å². The SMILES string of the molecule is Cc1cc(C)c(NC2CCCC(C3CC3)C2)c(Br)c1. The first-order chi connectivity index (χ1) is 9.13. The summed E-state index contributed by atoms with van der Waals surface area (Å²) in [6, 6.07) is 5.17. The average molecular weight is 322 g/mol. The molecule has 2 unspecified atom stereocenters. The van der Waals surface area contributed by atoms with E-state index in [9.17, 15) is 0 Å². The Morgan fingerprint density at radius 2 is 1.84 bits per heavy atom. The molecule has 2 fully saturated rings. The van der Waals surface area contributed by atoms with E-state index in [1.807, 2.05) is 0 Å². The zero-order valence-electron chi connectivity index (χ0n) is 12.0. The molecule has 1 N–H and O–H groups in total. The molecule has 104 valence electrons. The Morgan fingerprint density at radius 1 is 1.05 bits per heavy atom. The standard InChI is InChI=1S/C17H24BrN/c1-11-8-12(2)17(16(18)9-11)19-15-5-3-4-14(10-15)13-6-7-13/h8-9,13-15,19H,3-7,10H2,1-2H3. The van der Waals surface area contributed by atoms with E-state index in [0.29, 0.717) is 6.04 Å². The molecule has 0 aliphatic heterocycles.